The summed E-state index contributed by atoms with van der Waals surface area (Å²) in [6.45, 7) is 1.09. The highest BCUT2D eigenvalue weighted by atomic mass is 19.1. The molecule has 7 heteroatoms. The van der Waals surface area contributed by atoms with E-state index in [9.17, 15) is 9.18 Å². The minimum Gasteiger partial charge on any atom is -0.472 e. The molecular weight excluding hydrogens is 311 g/mol. The van der Waals surface area contributed by atoms with Gasteiger partial charge in [-0.15, -0.1) is 0 Å². The van der Waals surface area contributed by atoms with Crippen LogP contribution in [0.15, 0.2) is 36.7 Å². The van der Waals surface area contributed by atoms with E-state index >= 15 is 0 Å². The minimum atomic E-state index is -0.352. The van der Waals surface area contributed by atoms with Crippen molar-refractivity contribution in [1.29, 1.82) is 0 Å². The summed E-state index contributed by atoms with van der Waals surface area (Å²) >= 11 is 0. The maximum Gasteiger partial charge on any atom is 0.253 e. The molecule has 1 aliphatic rings. The average molecular weight is 330 g/mol. The van der Waals surface area contributed by atoms with Crippen LogP contribution in [0.25, 0.3) is 0 Å². The molecule has 1 unspecified atom stereocenters. The molecule has 1 saturated heterocycles. The van der Waals surface area contributed by atoms with Crippen LogP contribution < -0.4 is 9.64 Å². The summed E-state index contributed by atoms with van der Waals surface area (Å²) in [6.07, 6.45) is 2.08. The molecular formula is C17H19FN4O2. The van der Waals surface area contributed by atoms with Gasteiger partial charge in [0.05, 0.1) is 6.54 Å². The van der Waals surface area contributed by atoms with Gasteiger partial charge in [0.25, 0.3) is 5.91 Å². The third kappa shape index (κ3) is 3.61. The first-order chi connectivity index (χ1) is 11.5. The van der Waals surface area contributed by atoms with E-state index < -0.39 is 0 Å². The van der Waals surface area contributed by atoms with Crippen molar-refractivity contribution < 1.29 is 13.9 Å². The second kappa shape index (κ2) is 6.82. The van der Waals surface area contributed by atoms with Crippen LogP contribution in [0, 0.1) is 5.82 Å². The molecule has 126 valence electrons. The fraction of sp³-hybridized carbons (Fsp3) is 0.353. The second-order valence-corrected chi connectivity index (χ2v) is 5.90. The van der Waals surface area contributed by atoms with Gasteiger partial charge in [-0.3, -0.25) is 4.79 Å². The molecule has 2 aromatic rings. The van der Waals surface area contributed by atoms with Crippen molar-refractivity contribution >= 4 is 11.7 Å². The zero-order valence-corrected chi connectivity index (χ0v) is 13.6. The molecule has 1 aliphatic heterocycles. The molecule has 0 spiro atoms. The summed E-state index contributed by atoms with van der Waals surface area (Å²) in [5, 5.41) is 0. The topological polar surface area (TPSA) is 58.6 Å². The minimum absolute atomic E-state index is 0.112. The van der Waals surface area contributed by atoms with Crippen LogP contribution in [0.2, 0.25) is 0 Å². The standard InChI is InChI=1S/C17H19FN4O2/c1-21(2)15-9-16(20-11-19-15)24-14-7-8-22(10-14)17(23)12-3-5-13(18)6-4-12/h3-6,9,11,14H,7-8,10H2,1-2H3. The fourth-order valence-electron chi connectivity index (χ4n) is 2.59. The predicted molar refractivity (Wildman–Crippen MR) is 87.7 cm³/mol. The molecule has 0 N–H and O–H groups in total. The Morgan fingerprint density at radius 2 is 2.04 bits per heavy atom. The quantitative estimate of drug-likeness (QED) is 0.858. The molecule has 1 atom stereocenters. The average Bonchev–Trinajstić information content (AvgIpc) is 3.03. The highest BCUT2D eigenvalue weighted by Crippen LogP contribution is 2.20. The van der Waals surface area contributed by atoms with Crippen molar-refractivity contribution in [3.8, 4) is 5.88 Å². The van der Waals surface area contributed by atoms with Crippen molar-refractivity contribution in [2.75, 3.05) is 32.1 Å². The van der Waals surface area contributed by atoms with E-state index in [4.69, 9.17) is 4.74 Å². The van der Waals surface area contributed by atoms with Crippen molar-refractivity contribution in [2.45, 2.75) is 12.5 Å². The number of nitrogens with zero attached hydrogens (tertiary/aromatic N) is 4. The number of carbonyl (C=O) groups is 1. The van der Waals surface area contributed by atoms with Crippen LogP contribution in [-0.2, 0) is 0 Å². The van der Waals surface area contributed by atoms with Gasteiger partial charge in [0.1, 0.15) is 24.1 Å². The second-order valence-electron chi connectivity index (χ2n) is 5.90. The van der Waals surface area contributed by atoms with E-state index in [0.29, 0.717) is 24.5 Å². The Morgan fingerprint density at radius 3 is 2.75 bits per heavy atom. The lowest BCUT2D eigenvalue weighted by molar-refractivity contribution is 0.0771. The summed E-state index contributed by atoms with van der Waals surface area (Å²) in [5.74, 6) is 0.791. The van der Waals surface area contributed by atoms with Crippen molar-refractivity contribution in [3.05, 3.63) is 48.0 Å². The zero-order valence-electron chi connectivity index (χ0n) is 13.6. The van der Waals surface area contributed by atoms with E-state index in [2.05, 4.69) is 9.97 Å². The van der Waals surface area contributed by atoms with Gasteiger partial charge in [-0.2, -0.15) is 0 Å². The molecule has 0 radical (unpaired) electrons. The largest absolute Gasteiger partial charge is 0.472 e. The molecule has 1 amide bonds. The first kappa shape index (κ1) is 16.2. The molecule has 0 saturated carbocycles. The van der Waals surface area contributed by atoms with Gasteiger partial charge in [-0.25, -0.2) is 14.4 Å². The lowest BCUT2D eigenvalue weighted by Crippen LogP contribution is -2.31. The Hall–Kier alpha value is -2.70. The van der Waals surface area contributed by atoms with Crippen LogP contribution in [-0.4, -0.2) is 54.1 Å². The van der Waals surface area contributed by atoms with Gasteiger partial charge >= 0.3 is 0 Å². The summed E-state index contributed by atoms with van der Waals surface area (Å²) in [6, 6.07) is 7.35. The van der Waals surface area contributed by atoms with Crippen LogP contribution in [0.3, 0.4) is 0 Å². The zero-order chi connectivity index (χ0) is 17.1. The maximum absolute atomic E-state index is 13.0. The fourth-order valence-corrected chi connectivity index (χ4v) is 2.59. The molecule has 0 aliphatic carbocycles. The summed E-state index contributed by atoms with van der Waals surface area (Å²) in [7, 11) is 3.79. The van der Waals surface area contributed by atoms with Gasteiger partial charge in [0, 0.05) is 38.7 Å². The van der Waals surface area contributed by atoms with Gasteiger partial charge in [0.15, 0.2) is 0 Å². The van der Waals surface area contributed by atoms with Crippen molar-refractivity contribution in [3.63, 3.8) is 0 Å². The van der Waals surface area contributed by atoms with Gasteiger partial charge < -0.3 is 14.5 Å². The van der Waals surface area contributed by atoms with E-state index in [1.807, 2.05) is 19.0 Å². The SMILES string of the molecule is CN(C)c1cc(OC2CCN(C(=O)c3ccc(F)cc3)C2)ncn1. The van der Waals surface area contributed by atoms with E-state index in [1.54, 1.807) is 11.0 Å². The van der Waals surface area contributed by atoms with Crippen molar-refractivity contribution in [1.82, 2.24) is 14.9 Å². The van der Waals surface area contributed by atoms with E-state index in [1.165, 1.54) is 30.6 Å². The Kier molecular flexibility index (Phi) is 4.59. The Morgan fingerprint density at radius 1 is 1.29 bits per heavy atom. The maximum atomic E-state index is 13.0. The first-order valence-electron chi connectivity index (χ1n) is 7.74. The summed E-state index contributed by atoms with van der Waals surface area (Å²) in [5.41, 5.74) is 0.481. The highest BCUT2D eigenvalue weighted by molar-refractivity contribution is 5.94. The molecule has 6 nitrogen and oxygen atoms in total. The molecule has 24 heavy (non-hydrogen) atoms. The van der Waals surface area contributed by atoms with Gasteiger partial charge in [0.2, 0.25) is 5.88 Å². The molecule has 1 aromatic carbocycles. The van der Waals surface area contributed by atoms with Crippen molar-refractivity contribution in [2.24, 2.45) is 0 Å². The lowest BCUT2D eigenvalue weighted by atomic mass is 10.2. The number of ether oxygens (including phenoxy) is 1. The number of aromatic nitrogens is 2. The number of amides is 1. The predicted octanol–water partition coefficient (Wildman–Crippen LogP) is 1.98. The number of hydrogen-bond acceptors (Lipinski definition) is 5. The number of benzene rings is 1. The smallest absolute Gasteiger partial charge is 0.253 e. The summed E-state index contributed by atoms with van der Waals surface area (Å²) in [4.78, 5) is 24.3. The molecule has 2 heterocycles. The number of carbonyl (C=O) groups excluding carboxylic acids is 1. The molecule has 0 bridgehead atoms. The van der Waals surface area contributed by atoms with Crippen LogP contribution in [0.4, 0.5) is 10.2 Å². The number of halogens is 1. The van der Waals surface area contributed by atoms with Crippen LogP contribution in [0.1, 0.15) is 16.8 Å². The first-order valence-corrected chi connectivity index (χ1v) is 7.74. The number of likely N-dealkylation sites (tertiary alicyclic amines) is 1. The monoisotopic (exact) mass is 330 g/mol. The third-order valence-electron chi connectivity index (χ3n) is 3.90. The van der Waals surface area contributed by atoms with E-state index in [-0.39, 0.29) is 17.8 Å². The van der Waals surface area contributed by atoms with Gasteiger partial charge in [-0.05, 0) is 24.3 Å². The van der Waals surface area contributed by atoms with E-state index in [0.717, 1.165) is 12.2 Å². The molecule has 1 aromatic heterocycles. The summed E-state index contributed by atoms with van der Waals surface area (Å²) < 4.78 is 18.8. The Labute approximate surface area is 139 Å². The number of anilines is 1. The number of rotatable bonds is 4. The Balaban J connectivity index is 1.62. The highest BCUT2D eigenvalue weighted by Gasteiger charge is 2.28. The van der Waals surface area contributed by atoms with Gasteiger partial charge in [-0.1, -0.05) is 0 Å². The Bertz CT molecular complexity index is 721. The number of hydrogen-bond donors (Lipinski definition) is 0. The normalized spacial score (nSPS) is 17.0. The molecule has 1 fully saturated rings. The lowest BCUT2D eigenvalue weighted by Gasteiger charge is -2.17. The molecule has 3 rings (SSSR count). The third-order valence-corrected chi connectivity index (χ3v) is 3.90. The van der Waals surface area contributed by atoms with Crippen LogP contribution in [0.5, 0.6) is 5.88 Å². The van der Waals surface area contributed by atoms with Crippen LogP contribution >= 0.6 is 0 Å².